The lowest BCUT2D eigenvalue weighted by atomic mass is 10.7. The number of nitrogens with zero attached hydrogens (tertiary/aromatic N) is 4. The molecule has 0 saturated heterocycles. The van der Waals surface area contributed by atoms with E-state index in [0.29, 0.717) is 5.22 Å². The van der Waals surface area contributed by atoms with Gasteiger partial charge >= 0.3 is 11.9 Å². The lowest BCUT2D eigenvalue weighted by Crippen LogP contribution is -2.04. The van der Waals surface area contributed by atoms with Crippen LogP contribution in [-0.4, -0.2) is 38.1 Å². The van der Waals surface area contributed by atoms with Crippen LogP contribution in [0.15, 0.2) is 28.4 Å². The standard InChI is InChI=1S/C10H12N4O3S/c1-2-16-9(15)8-12-13-10(17-8)18-6-5-14-4-3-11-7-14/h3-4,7H,2,5-6H2,1H3. The number of aromatic nitrogens is 4. The van der Waals surface area contributed by atoms with E-state index in [1.807, 2.05) is 10.8 Å². The van der Waals surface area contributed by atoms with Gasteiger partial charge in [0.25, 0.3) is 5.22 Å². The van der Waals surface area contributed by atoms with Gasteiger partial charge in [-0.05, 0) is 6.92 Å². The van der Waals surface area contributed by atoms with Gasteiger partial charge in [-0.2, -0.15) is 0 Å². The van der Waals surface area contributed by atoms with Crippen molar-refractivity contribution in [2.75, 3.05) is 12.4 Å². The second-order valence-electron chi connectivity index (χ2n) is 3.24. The molecule has 0 N–H and O–H groups in total. The van der Waals surface area contributed by atoms with Gasteiger partial charge in [-0.3, -0.25) is 0 Å². The van der Waals surface area contributed by atoms with Crippen LogP contribution in [0.3, 0.4) is 0 Å². The van der Waals surface area contributed by atoms with Crippen molar-refractivity contribution in [2.24, 2.45) is 0 Å². The first-order chi connectivity index (χ1) is 8.79. The Labute approximate surface area is 108 Å². The average Bonchev–Trinajstić information content (AvgIpc) is 3.00. The molecule has 0 aliphatic rings. The number of carbonyl (C=O) groups is 1. The number of imidazole rings is 1. The summed E-state index contributed by atoms with van der Waals surface area (Å²) in [6.07, 6.45) is 5.33. The Bertz CT molecular complexity index is 497. The van der Waals surface area contributed by atoms with Gasteiger partial charge in [0.15, 0.2) is 0 Å². The first-order valence-corrected chi connectivity index (χ1v) is 6.37. The molecule has 2 aromatic heterocycles. The molecule has 0 fully saturated rings. The molecule has 18 heavy (non-hydrogen) atoms. The van der Waals surface area contributed by atoms with Crippen LogP contribution in [-0.2, 0) is 11.3 Å². The highest BCUT2D eigenvalue weighted by molar-refractivity contribution is 7.99. The normalized spacial score (nSPS) is 10.5. The molecule has 0 aromatic carbocycles. The van der Waals surface area contributed by atoms with Crippen molar-refractivity contribution in [1.82, 2.24) is 19.7 Å². The molecule has 0 aliphatic carbocycles. The molecule has 2 rings (SSSR count). The van der Waals surface area contributed by atoms with Crippen LogP contribution in [0.25, 0.3) is 0 Å². The number of thioether (sulfide) groups is 1. The molecule has 0 spiro atoms. The third-order valence-electron chi connectivity index (χ3n) is 1.99. The Hall–Kier alpha value is -1.83. The fourth-order valence-corrected chi connectivity index (χ4v) is 1.91. The van der Waals surface area contributed by atoms with Crippen LogP contribution in [0.2, 0.25) is 0 Å². The van der Waals surface area contributed by atoms with E-state index in [1.54, 1.807) is 19.4 Å². The molecule has 0 bridgehead atoms. The van der Waals surface area contributed by atoms with E-state index in [-0.39, 0.29) is 12.5 Å². The Balaban J connectivity index is 1.81. The minimum atomic E-state index is -0.591. The third-order valence-corrected chi connectivity index (χ3v) is 2.79. The highest BCUT2D eigenvalue weighted by atomic mass is 32.2. The number of hydrogen-bond donors (Lipinski definition) is 0. The van der Waals surface area contributed by atoms with E-state index in [4.69, 9.17) is 9.15 Å². The maximum atomic E-state index is 11.3. The number of rotatable bonds is 6. The molecule has 0 unspecified atom stereocenters. The van der Waals surface area contributed by atoms with Crippen molar-refractivity contribution < 1.29 is 13.9 Å². The van der Waals surface area contributed by atoms with E-state index in [9.17, 15) is 4.79 Å². The zero-order chi connectivity index (χ0) is 12.8. The molecule has 0 amide bonds. The fraction of sp³-hybridized carbons (Fsp3) is 0.400. The predicted octanol–water partition coefficient (Wildman–Crippen LogP) is 1.24. The van der Waals surface area contributed by atoms with E-state index in [2.05, 4.69) is 15.2 Å². The van der Waals surface area contributed by atoms with Gasteiger partial charge in [-0.25, -0.2) is 9.78 Å². The lowest BCUT2D eigenvalue weighted by molar-refractivity contribution is 0.0475. The van der Waals surface area contributed by atoms with Crippen LogP contribution in [0, 0.1) is 0 Å². The van der Waals surface area contributed by atoms with Gasteiger partial charge in [-0.15, -0.1) is 5.10 Å². The van der Waals surface area contributed by atoms with Gasteiger partial charge in [-0.1, -0.05) is 16.9 Å². The van der Waals surface area contributed by atoms with E-state index >= 15 is 0 Å². The minimum Gasteiger partial charge on any atom is -0.459 e. The summed E-state index contributed by atoms with van der Waals surface area (Å²) in [6.45, 7) is 2.78. The molecule has 0 aliphatic heterocycles. The topological polar surface area (TPSA) is 83.0 Å². The average molecular weight is 268 g/mol. The van der Waals surface area contributed by atoms with Gasteiger partial charge in [0.05, 0.1) is 12.9 Å². The minimum absolute atomic E-state index is 0.109. The molecular formula is C10H12N4O3S. The Morgan fingerprint density at radius 1 is 1.56 bits per heavy atom. The summed E-state index contributed by atoms with van der Waals surface area (Å²) in [5.41, 5.74) is 0. The number of hydrogen-bond acceptors (Lipinski definition) is 7. The molecule has 2 heterocycles. The summed E-state index contributed by atoms with van der Waals surface area (Å²) >= 11 is 1.38. The molecule has 8 heteroatoms. The molecule has 0 atom stereocenters. The highest BCUT2D eigenvalue weighted by Gasteiger charge is 2.15. The molecule has 0 saturated carbocycles. The SMILES string of the molecule is CCOC(=O)c1nnc(SCCn2ccnc2)o1. The zero-order valence-corrected chi connectivity index (χ0v) is 10.6. The van der Waals surface area contributed by atoms with Gasteiger partial charge < -0.3 is 13.7 Å². The van der Waals surface area contributed by atoms with Gasteiger partial charge in [0, 0.05) is 24.7 Å². The van der Waals surface area contributed by atoms with Crippen molar-refractivity contribution in [3.05, 3.63) is 24.6 Å². The summed E-state index contributed by atoms with van der Waals surface area (Å²) < 4.78 is 11.8. The zero-order valence-electron chi connectivity index (χ0n) is 9.78. The summed E-state index contributed by atoms with van der Waals surface area (Å²) in [4.78, 5) is 15.2. The maximum Gasteiger partial charge on any atom is 0.396 e. The summed E-state index contributed by atoms with van der Waals surface area (Å²) in [6, 6.07) is 0. The van der Waals surface area contributed by atoms with Crippen molar-refractivity contribution in [3.63, 3.8) is 0 Å². The van der Waals surface area contributed by atoms with Crippen LogP contribution >= 0.6 is 11.8 Å². The highest BCUT2D eigenvalue weighted by Crippen LogP contribution is 2.16. The van der Waals surface area contributed by atoms with Crippen LogP contribution in [0.4, 0.5) is 0 Å². The first kappa shape index (κ1) is 12.6. The number of carbonyl (C=O) groups excluding carboxylic acids is 1. The van der Waals surface area contributed by atoms with Crippen molar-refractivity contribution in [3.8, 4) is 0 Å². The second kappa shape index (κ2) is 6.20. The molecule has 7 nitrogen and oxygen atoms in total. The number of esters is 1. The molecule has 2 aromatic rings. The van der Waals surface area contributed by atoms with Crippen LogP contribution in [0.5, 0.6) is 0 Å². The Morgan fingerprint density at radius 3 is 3.17 bits per heavy atom. The van der Waals surface area contributed by atoms with Crippen LogP contribution in [0.1, 0.15) is 17.6 Å². The largest absolute Gasteiger partial charge is 0.459 e. The first-order valence-electron chi connectivity index (χ1n) is 5.38. The van der Waals surface area contributed by atoms with Crippen molar-refractivity contribution >= 4 is 17.7 Å². The predicted molar refractivity (Wildman–Crippen MR) is 63.2 cm³/mol. The quantitative estimate of drug-likeness (QED) is 0.575. The van der Waals surface area contributed by atoms with E-state index < -0.39 is 5.97 Å². The maximum absolute atomic E-state index is 11.3. The van der Waals surface area contributed by atoms with Crippen molar-refractivity contribution in [1.29, 1.82) is 0 Å². The van der Waals surface area contributed by atoms with E-state index in [0.717, 1.165) is 12.3 Å². The number of ether oxygens (including phenoxy) is 1. The lowest BCUT2D eigenvalue weighted by Gasteiger charge is -1.98. The van der Waals surface area contributed by atoms with E-state index in [1.165, 1.54) is 11.8 Å². The van der Waals surface area contributed by atoms with Gasteiger partial charge in [0.1, 0.15) is 0 Å². The van der Waals surface area contributed by atoms with Gasteiger partial charge in [0.2, 0.25) is 0 Å². The molecular weight excluding hydrogens is 256 g/mol. The number of aryl methyl sites for hydroxylation is 1. The summed E-state index contributed by atoms with van der Waals surface area (Å²) in [7, 11) is 0. The molecule has 0 radical (unpaired) electrons. The summed E-state index contributed by atoms with van der Waals surface area (Å²) in [5, 5.41) is 7.74. The monoisotopic (exact) mass is 268 g/mol. The second-order valence-corrected chi connectivity index (χ2v) is 4.29. The summed E-state index contributed by atoms with van der Waals surface area (Å²) in [5.74, 6) is 0.0503. The van der Waals surface area contributed by atoms with Crippen LogP contribution < -0.4 is 0 Å². The Morgan fingerprint density at radius 2 is 2.44 bits per heavy atom. The third kappa shape index (κ3) is 3.33. The molecule has 96 valence electrons. The fourth-order valence-electron chi connectivity index (χ4n) is 1.20. The smallest absolute Gasteiger partial charge is 0.396 e. The Kier molecular flexibility index (Phi) is 4.35. The van der Waals surface area contributed by atoms with Crippen molar-refractivity contribution in [2.45, 2.75) is 18.7 Å².